The zero-order valence-electron chi connectivity index (χ0n) is 17.3. The first-order valence-electron chi connectivity index (χ1n) is 12.0. The third-order valence-electron chi connectivity index (χ3n) is 9.18. The van der Waals surface area contributed by atoms with Crippen molar-refractivity contribution >= 4 is 5.82 Å². The van der Waals surface area contributed by atoms with Crippen LogP contribution in [0.5, 0.6) is 0 Å². The Bertz CT molecular complexity index is 1040. The first-order chi connectivity index (χ1) is 14.8. The van der Waals surface area contributed by atoms with E-state index in [0.717, 1.165) is 42.3 Å². The lowest BCUT2D eigenvalue weighted by Crippen LogP contribution is -2.48. The van der Waals surface area contributed by atoms with Crippen LogP contribution in [-0.4, -0.2) is 51.5 Å². The van der Waals surface area contributed by atoms with E-state index in [2.05, 4.69) is 26.7 Å². The Kier molecular flexibility index (Phi) is 3.05. The topological polar surface area (TPSA) is 69.2 Å². The molecule has 7 fully saturated rings. The standard InChI is InChI=1S/C24H29N5O/c25-23-17(13-5-6-13)7-14(9-26-23)19-8-20(29(27-19)15-3-1-2-4-15)24-18-10-28(16-11-30-12-16)22(24)21(18)24/h7-9,13,15-16,18,21-22H,1-6,10-12H2,(H2,25,26)/t18-,21-,22?,24-/m1/s1. The molecule has 5 heterocycles. The van der Waals surface area contributed by atoms with E-state index in [1.807, 2.05) is 6.20 Å². The fourth-order valence-corrected chi connectivity index (χ4v) is 7.28. The molecule has 4 saturated carbocycles. The van der Waals surface area contributed by atoms with Crippen LogP contribution in [0, 0.1) is 11.8 Å². The van der Waals surface area contributed by atoms with Crippen LogP contribution in [-0.2, 0) is 10.2 Å². The first-order valence-corrected chi connectivity index (χ1v) is 12.0. The number of anilines is 1. The minimum absolute atomic E-state index is 0.393. The van der Waals surface area contributed by atoms with Crippen molar-refractivity contribution in [1.29, 1.82) is 0 Å². The van der Waals surface area contributed by atoms with Crippen LogP contribution >= 0.6 is 0 Å². The maximum atomic E-state index is 6.18. The van der Waals surface area contributed by atoms with Gasteiger partial charge in [0, 0.05) is 35.5 Å². The zero-order chi connectivity index (χ0) is 19.6. The molecule has 2 aromatic heterocycles. The predicted molar refractivity (Wildman–Crippen MR) is 113 cm³/mol. The van der Waals surface area contributed by atoms with Crippen LogP contribution in [0.3, 0.4) is 0 Å². The minimum atomic E-state index is 0.393. The summed E-state index contributed by atoms with van der Waals surface area (Å²) in [6.45, 7) is 3.13. The normalized spacial score (nSPS) is 37.4. The van der Waals surface area contributed by atoms with Gasteiger partial charge in [0.2, 0.25) is 0 Å². The molecule has 0 spiro atoms. The van der Waals surface area contributed by atoms with Crippen molar-refractivity contribution in [2.45, 2.75) is 68.0 Å². The van der Waals surface area contributed by atoms with Gasteiger partial charge in [-0.05, 0) is 61.1 Å². The number of pyridine rings is 1. The third kappa shape index (κ3) is 1.98. The fourth-order valence-electron chi connectivity index (χ4n) is 7.28. The maximum Gasteiger partial charge on any atom is 0.126 e. The highest BCUT2D eigenvalue weighted by atomic mass is 16.5. The van der Waals surface area contributed by atoms with Gasteiger partial charge in [-0.1, -0.05) is 12.8 Å². The lowest BCUT2D eigenvalue weighted by atomic mass is 10.0. The number of nitrogens with zero attached hydrogens (tertiary/aromatic N) is 4. The smallest absolute Gasteiger partial charge is 0.126 e. The summed E-state index contributed by atoms with van der Waals surface area (Å²) in [5.74, 6) is 3.03. The van der Waals surface area contributed by atoms with Crippen molar-refractivity contribution in [1.82, 2.24) is 19.7 Å². The van der Waals surface area contributed by atoms with Crippen LogP contribution < -0.4 is 5.73 Å². The van der Waals surface area contributed by atoms with Gasteiger partial charge in [0.05, 0.1) is 31.0 Å². The van der Waals surface area contributed by atoms with Gasteiger partial charge in [0.1, 0.15) is 5.82 Å². The van der Waals surface area contributed by atoms with E-state index in [0.29, 0.717) is 29.2 Å². The molecular formula is C24H29N5O. The van der Waals surface area contributed by atoms with Crippen molar-refractivity contribution in [3.8, 4) is 11.3 Å². The number of fused-ring (bicyclic) bond motifs is 1. The predicted octanol–water partition coefficient (Wildman–Crippen LogP) is 3.10. The molecule has 156 valence electrons. The van der Waals surface area contributed by atoms with E-state index in [4.69, 9.17) is 15.6 Å². The van der Waals surface area contributed by atoms with E-state index in [1.54, 1.807) is 0 Å². The maximum absolute atomic E-state index is 6.18. The highest BCUT2D eigenvalue weighted by Crippen LogP contribution is 2.86. The number of nitrogen functional groups attached to an aromatic ring is 1. The van der Waals surface area contributed by atoms with Crippen molar-refractivity contribution in [3.63, 3.8) is 0 Å². The summed E-state index contributed by atoms with van der Waals surface area (Å²) in [5.41, 5.74) is 11.6. The molecule has 0 radical (unpaired) electrons. The van der Waals surface area contributed by atoms with E-state index < -0.39 is 0 Å². The van der Waals surface area contributed by atoms with Gasteiger partial charge in [0.25, 0.3) is 0 Å². The SMILES string of the molecule is Nc1ncc(-c2cc([C@@]34C5[C@H]3[C@H]4CN5C3COC3)n(C3CCCC3)n2)cc1C1CC1. The van der Waals surface area contributed by atoms with Crippen molar-refractivity contribution in [3.05, 3.63) is 29.6 Å². The molecule has 4 atom stereocenters. The molecule has 1 unspecified atom stereocenters. The highest BCUT2D eigenvalue weighted by molar-refractivity contribution is 5.66. The Hall–Kier alpha value is -1.92. The molecule has 7 aliphatic rings. The Morgan fingerprint density at radius 2 is 1.90 bits per heavy atom. The summed E-state index contributed by atoms with van der Waals surface area (Å²) in [7, 11) is 0. The Morgan fingerprint density at radius 3 is 2.60 bits per heavy atom. The summed E-state index contributed by atoms with van der Waals surface area (Å²) >= 11 is 0. The largest absolute Gasteiger partial charge is 0.383 e. The average molecular weight is 404 g/mol. The Labute approximate surface area is 176 Å². The van der Waals surface area contributed by atoms with E-state index in [1.165, 1.54) is 56.3 Å². The zero-order valence-corrected chi connectivity index (χ0v) is 17.3. The molecule has 2 N–H and O–H groups in total. The van der Waals surface area contributed by atoms with Gasteiger partial charge in [0.15, 0.2) is 0 Å². The van der Waals surface area contributed by atoms with Gasteiger partial charge in [-0.3, -0.25) is 9.58 Å². The molecule has 0 aromatic carbocycles. The van der Waals surface area contributed by atoms with Crippen molar-refractivity contribution < 1.29 is 4.74 Å². The fraction of sp³-hybridized carbons (Fsp3) is 0.667. The van der Waals surface area contributed by atoms with Gasteiger partial charge in [-0.2, -0.15) is 5.10 Å². The molecule has 6 nitrogen and oxygen atoms in total. The number of piperidine rings is 1. The van der Waals surface area contributed by atoms with Crippen molar-refractivity contribution in [2.75, 3.05) is 25.5 Å². The van der Waals surface area contributed by atoms with Crippen LogP contribution in [0.4, 0.5) is 5.82 Å². The molecule has 30 heavy (non-hydrogen) atoms. The molecule has 3 aliphatic heterocycles. The first kappa shape index (κ1) is 16.7. The molecular weight excluding hydrogens is 374 g/mol. The molecule has 2 aromatic rings. The molecule has 3 saturated heterocycles. The monoisotopic (exact) mass is 403 g/mol. The molecule has 6 heteroatoms. The lowest BCUT2D eigenvalue weighted by Gasteiger charge is -2.34. The molecule has 9 rings (SSSR count). The molecule has 0 amide bonds. The quantitative estimate of drug-likeness (QED) is 0.831. The van der Waals surface area contributed by atoms with Crippen molar-refractivity contribution in [2.24, 2.45) is 11.8 Å². The van der Waals surface area contributed by atoms with Gasteiger partial charge in [-0.25, -0.2) is 4.98 Å². The van der Waals surface area contributed by atoms with Crippen LogP contribution in [0.1, 0.15) is 61.7 Å². The number of hydrogen-bond donors (Lipinski definition) is 1. The van der Waals surface area contributed by atoms with Crippen LogP contribution in [0.15, 0.2) is 18.3 Å². The summed E-state index contributed by atoms with van der Waals surface area (Å²) in [5, 5.41) is 5.24. The number of nitrogens with two attached hydrogens (primary N) is 1. The summed E-state index contributed by atoms with van der Waals surface area (Å²) in [6, 6.07) is 6.68. The number of hydrogen-bond acceptors (Lipinski definition) is 5. The summed E-state index contributed by atoms with van der Waals surface area (Å²) in [4.78, 5) is 7.31. The number of ether oxygens (including phenoxy) is 1. The third-order valence-corrected chi connectivity index (χ3v) is 9.18. The average Bonchev–Trinajstić information content (AvgIpc) is 3.57. The van der Waals surface area contributed by atoms with Crippen LogP contribution in [0.25, 0.3) is 11.3 Å². The number of rotatable bonds is 5. The Balaban J connectivity index is 1.20. The van der Waals surface area contributed by atoms with Gasteiger partial charge < -0.3 is 10.5 Å². The van der Waals surface area contributed by atoms with Gasteiger partial charge >= 0.3 is 0 Å². The van der Waals surface area contributed by atoms with E-state index >= 15 is 0 Å². The second-order valence-corrected chi connectivity index (χ2v) is 10.7. The molecule has 4 aliphatic carbocycles. The minimum Gasteiger partial charge on any atom is -0.383 e. The van der Waals surface area contributed by atoms with Gasteiger partial charge in [-0.15, -0.1) is 0 Å². The Morgan fingerprint density at radius 1 is 1.07 bits per heavy atom. The van der Waals surface area contributed by atoms with Crippen LogP contribution in [0.2, 0.25) is 0 Å². The summed E-state index contributed by atoms with van der Waals surface area (Å²) in [6.07, 6.45) is 9.65. The number of aromatic nitrogens is 3. The second-order valence-electron chi connectivity index (χ2n) is 10.7. The molecule has 2 bridgehead atoms. The van der Waals surface area contributed by atoms with E-state index in [9.17, 15) is 0 Å². The summed E-state index contributed by atoms with van der Waals surface area (Å²) < 4.78 is 7.96. The lowest BCUT2D eigenvalue weighted by molar-refractivity contribution is -0.0601. The second kappa shape index (κ2) is 5.46. The van der Waals surface area contributed by atoms with E-state index in [-0.39, 0.29) is 0 Å². The highest BCUT2D eigenvalue weighted by Gasteiger charge is 2.94.